The third kappa shape index (κ3) is 2.67. The Morgan fingerprint density at radius 3 is 2.50 bits per heavy atom. The summed E-state index contributed by atoms with van der Waals surface area (Å²) in [6.07, 6.45) is 2.82. The summed E-state index contributed by atoms with van der Waals surface area (Å²) in [6.45, 7) is 6.04. The van der Waals surface area contributed by atoms with Crippen LogP contribution in [0.2, 0.25) is 0 Å². The molecule has 0 bridgehead atoms. The highest BCUT2D eigenvalue weighted by Crippen LogP contribution is 2.04. The van der Waals surface area contributed by atoms with Crippen LogP contribution in [0.4, 0.5) is 0 Å². The largest absolute Gasteiger partial charge is 0.390 e. The molecule has 10 heavy (non-hydrogen) atoms. The number of hydrogen-bond acceptors (Lipinski definition) is 2. The fraction of sp³-hybridized carbons (Fsp3) is 0.625. The quantitative estimate of drug-likeness (QED) is 0.595. The Bertz CT molecular complexity index is 139. The highest BCUT2D eigenvalue weighted by Gasteiger charge is 1.92. The van der Waals surface area contributed by atoms with Crippen LogP contribution in [0.3, 0.4) is 0 Å². The van der Waals surface area contributed by atoms with E-state index in [9.17, 15) is 0 Å². The van der Waals surface area contributed by atoms with E-state index >= 15 is 0 Å². The molecule has 0 aromatic heterocycles. The Labute approximate surface area is 63.0 Å². The smallest absolute Gasteiger partial charge is 0.0557 e. The molecule has 58 valence electrons. The Morgan fingerprint density at radius 2 is 2.20 bits per heavy atom. The second-order valence-corrected chi connectivity index (χ2v) is 2.05. The summed E-state index contributed by atoms with van der Waals surface area (Å²) in [5, 5.41) is 3.10. The molecule has 1 N–H and O–H groups in total. The van der Waals surface area contributed by atoms with E-state index in [0.29, 0.717) is 0 Å². The minimum Gasteiger partial charge on any atom is -0.390 e. The van der Waals surface area contributed by atoms with Crippen LogP contribution in [-0.2, 0) is 0 Å². The first kappa shape index (κ1) is 9.21. The molecular weight excluding hydrogens is 124 g/mol. The molecule has 0 radical (unpaired) electrons. The number of aliphatic imine (C=N–C) groups is 1. The van der Waals surface area contributed by atoms with E-state index in [1.807, 2.05) is 27.1 Å². The van der Waals surface area contributed by atoms with Gasteiger partial charge < -0.3 is 5.32 Å². The number of hydrogen-bond donors (Lipinski definition) is 1. The van der Waals surface area contributed by atoms with E-state index < -0.39 is 0 Å². The van der Waals surface area contributed by atoms with Crippen molar-refractivity contribution in [2.75, 3.05) is 7.05 Å². The first-order valence-corrected chi connectivity index (χ1v) is 3.62. The normalized spacial score (nSPS) is 13.6. The Hall–Kier alpha value is -0.790. The molecule has 0 aliphatic rings. The van der Waals surface area contributed by atoms with Crippen LogP contribution >= 0.6 is 0 Å². The molecule has 0 saturated heterocycles. The summed E-state index contributed by atoms with van der Waals surface area (Å²) < 4.78 is 0. The predicted molar refractivity (Wildman–Crippen MR) is 46.2 cm³/mol. The zero-order valence-corrected chi connectivity index (χ0v) is 7.23. The summed E-state index contributed by atoms with van der Waals surface area (Å²) >= 11 is 0. The van der Waals surface area contributed by atoms with Crippen molar-refractivity contribution in [3.05, 3.63) is 11.4 Å². The van der Waals surface area contributed by atoms with Crippen LogP contribution in [-0.4, -0.2) is 13.3 Å². The molecule has 0 aromatic rings. The third-order valence-corrected chi connectivity index (χ3v) is 1.41. The van der Waals surface area contributed by atoms with Crippen LogP contribution in [0.15, 0.2) is 16.4 Å². The molecule has 0 rings (SSSR count). The van der Waals surface area contributed by atoms with Crippen molar-refractivity contribution in [3.63, 3.8) is 0 Å². The van der Waals surface area contributed by atoms with Crippen molar-refractivity contribution in [2.45, 2.75) is 27.2 Å². The Kier molecular flexibility index (Phi) is 4.63. The van der Waals surface area contributed by atoms with Crippen LogP contribution in [0.5, 0.6) is 0 Å². The maximum atomic E-state index is 4.16. The average molecular weight is 140 g/mol. The maximum absolute atomic E-state index is 4.16. The first-order valence-electron chi connectivity index (χ1n) is 3.62. The minimum atomic E-state index is 1.01. The summed E-state index contributed by atoms with van der Waals surface area (Å²) in [5.41, 5.74) is 2.28. The summed E-state index contributed by atoms with van der Waals surface area (Å²) in [6, 6.07) is 0. The van der Waals surface area contributed by atoms with Crippen LogP contribution in [0.1, 0.15) is 27.2 Å². The molecule has 2 heteroatoms. The van der Waals surface area contributed by atoms with Crippen molar-refractivity contribution in [2.24, 2.45) is 4.99 Å². The van der Waals surface area contributed by atoms with Crippen LogP contribution < -0.4 is 5.32 Å². The van der Waals surface area contributed by atoms with Gasteiger partial charge in [-0.3, -0.25) is 4.99 Å². The van der Waals surface area contributed by atoms with Gasteiger partial charge in [0.05, 0.1) is 5.70 Å². The van der Waals surface area contributed by atoms with Gasteiger partial charge >= 0.3 is 0 Å². The summed E-state index contributed by atoms with van der Waals surface area (Å²) in [7, 11) is 1.92. The lowest BCUT2D eigenvalue weighted by atomic mass is 10.3. The molecule has 0 aliphatic heterocycles. The van der Waals surface area contributed by atoms with Gasteiger partial charge in [0.2, 0.25) is 0 Å². The molecule has 0 heterocycles. The SMILES string of the molecule is C/C=N\C(C)=C(\CC)NC. The Balaban J connectivity index is 4.27. The van der Waals surface area contributed by atoms with Crippen LogP contribution in [0, 0.1) is 0 Å². The summed E-state index contributed by atoms with van der Waals surface area (Å²) in [4.78, 5) is 4.16. The van der Waals surface area contributed by atoms with Gasteiger partial charge in [0.1, 0.15) is 0 Å². The average Bonchev–Trinajstić information content (AvgIpc) is 1.91. The maximum Gasteiger partial charge on any atom is 0.0557 e. The summed E-state index contributed by atoms with van der Waals surface area (Å²) in [5.74, 6) is 0. The lowest BCUT2D eigenvalue weighted by Crippen LogP contribution is -2.06. The van der Waals surface area contributed by atoms with Gasteiger partial charge in [-0.05, 0) is 20.3 Å². The lowest BCUT2D eigenvalue weighted by Gasteiger charge is -2.04. The van der Waals surface area contributed by atoms with E-state index in [2.05, 4.69) is 17.2 Å². The molecule has 0 aliphatic carbocycles. The van der Waals surface area contributed by atoms with E-state index in [0.717, 1.165) is 12.1 Å². The predicted octanol–water partition coefficient (Wildman–Crippen LogP) is 1.94. The fourth-order valence-electron chi connectivity index (χ4n) is 0.885. The fourth-order valence-corrected chi connectivity index (χ4v) is 0.885. The minimum absolute atomic E-state index is 1.01. The van der Waals surface area contributed by atoms with Gasteiger partial charge in [-0.1, -0.05) is 6.92 Å². The van der Waals surface area contributed by atoms with E-state index in [1.54, 1.807) is 0 Å². The lowest BCUT2D eigenvalue weighted by molar-refractivity contribution is 0.869. The zero-order chi connectivity index (χ0) is 7.98. The first-order chi connectivity index (χ1) is 4.76. The van der Waals surface area contributed by atoms with Gasteiger partial charge in [-0.2, -0.15) is 0 Å². The van der Waals surface area contributed by atoms with E-state index in [1.165, 1.54) is 5.70 Å². The number of nitrogens with zero attached hydrogens (tertiary/aromatic N) is 1. The molecular formula is C8H16N2. The standard InChI is InChI=1S/C8H16N2/c1-5-8(9-4)7(3)10-6-2/h6,9H,5H2,1-4H3/b8-7-,10-6-. The van der Waals surface area contributed by atoms with E-state index in [-0.39, 0.29) is 0 Å². The third-order valence-electron chi connectivity index (χ3n) is 1.41. The number of nitrogens with one attached hydrogen (secondary N) is 1. The van der Waals surface area contributed by atoms with Crippen molar-refractivity contribution in [3.8, 4) is 0 Å². The number of rotatable bonds is 3. The molecule has 0 atom stereocenters. The van der Waals surface area contributed by atoms with E-state index in [4.69, 9.17) is 0 Å². The molecule has 0 unspecified atom stereocenters. The van der Waals surface area contributed by atoms with Crippen molar-refractivity contribution in [1.82, 2.24) is 5.32 Å². The highest BCUT2D eigenvalue weighted by molar-refractivity contribution is 5.55. The molecule has 0 aromatic carbocycles. The second kappa shape index (κ2) is 5.03. The highest BCUT2D eigenvalue weighted by atomic mass is 14.9. The Morgan fingerprint density at radius 1 is 1.60 bits per heavy atom. The van der Waals surface area contributed by atoms with Gasteiger partial charge in [-0.15, -0.1) is 0 Å². The van der Waals surface area contributed by atoms with Crippen LogP contribution in [0.25, 0.3) is 0 Å². The molecule has 0 spiro atoms. The molecule has 2 nitrogen and oxygen atoms in total. The second-order valence-electron chi connectivity index (χ2n) is 2.05. The van der Waals surface area contributed by atoms with Crippen molar-refractivity contribution in [1.29, 1.82) is 0 Å². The monoisotopic (exact) mass is 140 g/mol. The van der Waals surface area contributed by atoms with Crippen molar-refractivity contribution < 1.29 is 0 Å². The number of allylic oxidation sites excluding steroid dienone is 2. The zero-order valence-electron chi connectivity index (χ0n) is 7.23. The van der Waals surface area contributed by atoms with Gasteiger partial charge in [0.25, 0.3) is 0 Å². The van der Waals surface area contributed by atoms with Gasteiger partial charge in [0, 0.05) is 19.0 Å². The topological polar surface area (TPSA) is 24.4 Å². The molecule has 0 saturated carbocycles. The molecule has 0 amide bonds. The van der Waals surface area contributed by atoms with Gasteiger partial charge in [0.15, 0.2) is 0 Å². The van der Waals surface area contributed by atoms with Gasteiger partial charge in [-0.25, -0.2) is 0 Å². The van der Waals surface area contributed by atoms with Crippen molar-refractivity contribution >= 4 is 6.21 Å². The molecule has 0 fully saturated rings.